The number of likely N-dealkylation sites (tertiary alicyclic amines) is 1. The van der Waals surface area contributed by atoms with Crippen molar-refractivity contribution in [2.45, 2.75) is 95.9 Å². The fraction of sp³-hybridized carbons (Fsp3) is 0.826. The molecule has 10 heteroatoms. The Labute approximate surface area is 195 Å². The van der Waals surface area contributed by atoms with E-state index in [-0.39, 0.29) is 30.6 Å². The maximum atomic E-state index is 13.1. The van der Waals surface area contributed by atoms with Crippen LogP contribution in [0.4, 0.5) is 0 Å². The van der Waals surface area contributed by atoms with E-state index in [0.717, 1.165) is 17.7 Å². The Morgan fingerprint density at radius 1 is 0.879 bits per heavy atom. The van der Waals surface area contributed by atoms with Crippen molar-refractivity contribution in [3.8, 4) is 0 Å². The third-order valence-corrected chi connectivity index (χ3v) is 10.2. The highest BCUT2D eigenvalue weighted by Gasteiger charge is 2.54. The number of hydrogen-bond donors (Lipinski definition) is 2. The third kappa shape index (κ3) is 4.73. The van der Waals surface area contributed by atoms with Crippen molar-refractivity contribution in [3.05, 3.63) is 0 Å². The molecule has 4 atom stereocenters. The molecule has 0 aromatic heterocycles. The summed E-state index contributed by atoms with van der Waals surface area (Å²) in [5, 5.41) is 1.78. The fourth-order valence-corrected chi connectivity index (χ4v) is 7.88. The van der Waals surface area contributed by atoms with Crippen LogP contribution < -0.4 is 10.0 Å². The van der Waals surface area contributed by atoms with Crippen LogP contribution in [0.3, 0.4) is 0 Å². The van der Waals surface area contributed by atoms with Gasteiger partial charge in [-0.3, -0.25) is 29.4 Å². The van der Waals surface area contributed by atoms with Crippen LogP contribution in [0.15, 0.2) is 0 Å². The Balaban J connectivity index is 1.38. The Morgan fingerprint density at radius 3 is 2.12 bits per heavy atom. The average Bonchev–Trinajstić information content (AvgIpc) is 2.97. The minimum Gasteiger partial charge on any atom is -0.295 e. The van der Waals surface area contributed by atoms with Gasteiger partial charge in [0.05, 0.1) is 17.1 Å². The quantitative estimate of drug-likeness (QED) is 0.585. The van der Waals surface area contributed by atoms with E-state index >= 15 is 0 Å². The second-order valence-electron chi connectivity index (χ2n) is 11.2. The van der Waals surface area contributed by atoms with Crippen LogP contribution in [0.1, 0.15) is 78.6 Å². The first-order valence-corrected chi connectivity index (χ1v) is 13.6. The molecule has 0 spiro atoms. The van der Waals surface area contributed by atoms with Crippen molar-refractivity contribution in [3.63, 3.8) is 0 Å². The first-order valence-electron chi connectivity index (χ1n) is 12.1. The highest BCUT2D eigenvalue weighted by molar-refractivity contribution is 7.90. The largest absolute Gasteiger partial charge is 0.295 e. The SMILES string of the molecule is CC(C)(C)C1CCC(S(=O)(=O)NC2CCC3C(=O)N(C4CCC(=O)NC4=O)C(=O)C3C2)CC1. The number of sulfonamides is 1. The second-order valence-corrected chi connectivity index (χ2v) is 13.2. The molecule has 4 aliphatic rings. The zero-order chi connectivity index (χ0) is 24.1. The number of fused-ring (bicyclic) bond motifs is 1. The van der Waals surface area contributed by atoms with Gasteiger partial charge in [-0.2, -0.15) is 0 Å². The maximum absolute atomic E-state index is 13.1. The van der Waals surface area contributed by atoms with Crippen molar-refractivity contribution >= 4 is 33.7 Å². The van der Waals surface area contributed by atoms with Crippen LogP contribution >= 0.6 is 0 Å². The molecule has 0 radical (unpaired) electrons. The molecule has 33 heavy (non-hydrogen) atoms. The van der Waals surface area contributed by atoms with Gasteiger partial charge < -0.3 is 0 Å². The molecule has 4 amide bonds. The summed E-state index contributed by atoms with van der Waals surface area (Å²) in [6.45, 7) is 6.59. The van der Waals surface area contributed by atoms with Gasteiger partial charge in [0, 0.05) is 12.5 Å². The van der Waals surface area contributed by atoms with Crippen molar-refractivity contribution in [1.82, 2.24) is 14.9 Å². The van der Waals surface area contributed by atoms with E-state index in [9.17, 15) is 27.6 Å². The molecule has 184 valence electrons. The Kier molecular flexibility index (Phi) is 6.46. The van der Waals surface area contributed by atoms with Crippen molar-refractivity contribution < 1.29 is 27.6 Å². The molecule has 2 aliphatic heterocycles. The van der Waals surface area contributed by atoms with Crippen LogP contribution in [0.25, 0.3) is 0 Å². The number of piperidine rings is 1. The van der Waals surface area contributed by atoms with Crippen LogP contribution in [0.2, 0.25) is 0 Å². The lowest BCUT2D eigenvalue weighted by atomic mass is 9.72. The van der Waals surface area contributed by atoms with Crippen LogP contribution in [-0.4, -0.2) is 54.3 Å². The minimum absolute atomic E-state index is 0.0860. The van der Waals surface area contributed by atoms with E-state index in [1.807, 2.05) is 0 Å². The van der Waals surface area contributed by atoms with Gasteiger partial charge in [0.2, 0.25) is 33.7 Å². The van der Waals surface area contributed by atoms with E-state index in [0.29, 0.717) is 31.6 Å². The van der Waals surface area contributed by atoms with Crippen molar-refractivity contribution in [2.75, 3.05) is 0 Å². The number of rotatable bonds is 4. The molecular weight excluding hydrogens is 446 g/mol. The first kappa shape index (κ1) is 24.3. The Hall–Kier alpha value is -1.81. The average molecular weight is 482 g/mol. The zero-order valence-corrected chi connectivity index (χ0v) is 20.4. The predicted octanol–water partition coefficient (Wildman–Crippen LogP) is 1.47. The lowest BCUT2D eigenvalue weighted by Crippen LogP contribution is -2.54. The van der Waals surface area contributed by atoms with Crippen molar-refractivity contribution in [1.29, 1.82) is 0 Å². The summed E-state index contributed by atoms with van der Waals surface area (Å²) in [5.74, 6) is -2.45. The van der Waals surface area contributed by atoms with Gasteiger partial charge in [0.1, 0.15) is 6.04 Å². The van der Waals surface area contributed by atoms with Gasteiger partial charge in [0.25, 0.3) is 0 Å². The van der Waals surface area contributed by atoms with Crippen molar-refractivity contribution in [2.24, 2.45) is 23.2 Å². The Bertz CT molecular complexity index is 948. The molecule has 9 nitrogen and oxygen atoms in total. The van der Waals surface area contributed by atoms with Gasteiger partial charge in [-0.25, -0.2) is 13.1 Å². The summed E-state index contributed by atoms with van der Waals surface area (Å²) in [6.07, 6.45) is 4.42. The molecule has 4 rings (SSSR count). The number of nitrogens with zero attached hydrogens (tertiary/aromatic N) is 1. The highest BCUT2D eigenvalue weighted by Crippen LogP contribution is 2.42. The standard InChI is InChI=1S/C23H35N3O6S/c1-23(2,3)13-4-7-15(8-5-13)33(31,32)25-14-6-9-16-17(12-14)22(30)26(21(16)29)18-10-11-19(27)24-20(18)28/h13-18,25H,4-12H2,1-3H3,(H,24,27,28). The second kappa shape index (κ2) is 8.76. The molecule has 0 aromatic carbocycles. The molecule has 0 aromatic rings. The number of carbonyl (C=O) groups is 4. The number of nitrogens with one attached hydrogen (secondary N) is 2. The molecule has 2 N–H and O–H groups in total. The topological polar surface area (TPSA) is 130 Å². The van der Waals surface area contributed by atoms with Gasteiger partial charge >= 0.3 is 0 Å². The third-order valence-electron chi connectivity index (χ3n) is 8.15. The lowest BCUT2D eigenvalue weighted by molar-refractivity contribution is -0.151. The zero-order valence-electron chi connectivity index (χ0n) is 19.6. The predicted molar refractivity (Wildman–Crippen MR) is 120 cm³/mol. The van der Waals surface area contributed by atoms with E-state index in [2.05, 4.69) is 30.8 Å². The van der Waals surface area contributed by atoms with Gasteiger partial charge in [-0.05, 0) is 62.7 Å². The smallest absolute Gasteiger partial charge is 0.249 e. The summed E-state index contributed by atoms with van der Waals surface area (Å²) in [5.41, 5.74) is 0.171. The number of carbonyl (C=O) groups excluding carboxylic acids is 4. The fourth-order valence-electron chi connectivity index (χ4n) is 6.12. The first-order chi connectivity index (χ1) is 15.4. The summed E-state index contributed by atoms with van der Waals surface area (Å²) in [6, 6.07) is -1.35. The van der Waals surface area contributed by atoms with Crippen LogP contribution in [0.5, 0.6) is 0 Å². The summed E-state index contributed by atoms with van der Waals surface area (Å²) >= 11 is 0. The lowest BCUT2D eigenvalue weighted by Gasteiger charge is -2.37. The van der Waals surface area contributed by atoms with Gasteiger partial charge in [0.15, 0.2) is 0 Å². The van der Waals surface area contributed by atoms with E-state index in [1.54, 1.807) is 0 Å². The summed E-state index contributed by atoms with van der Waals surface area (Å²) in [7, 11) is -3.52. The molecule has 0 bridgehead atoms. The minimum atomic E-state index is -3.52. The Morgan fingerprint density at radius 2 is 1.52 bits per heavy atom. The molecule has 2 saturated carbocycles. The van der Waals surface area contributed by atoms with Crippen LogP contribution in [-0.2, 0) is 29.2 Å². The molecule has 2 saturated heterocycles. The van der Waals surface area contributed by atoms with Crippen LogP contribution in [0, 0.1) is 23.2 Å². The molecule has 2 aliphatic carbocycles. The number of hydrogen-bond acceptors (Lipinski definition) is 6. The van der Waals surface area contributed by atoms with E-state index in [4.69, 9.17) is 0 Å². The molecule has 4 fully saturated rings. The highest BCUT2D eigenvalue weighted by atomic mass is 32.2. The monoisotopic (exact) mass is 481 g/mol. The van der Waals surface area contributed by atoms with E-state index in [1.165, 1.54) is 0 Å². The van der Waals surface area contributed by atoms with Gasteiger partial charge in [-0.15, -0.1) is 0 Å². The molecular formula is C23H35N3O6S. The summed E-state index contributed by atoms with van der Waals surface area (Å²) < 4.78 is 29.0. The normalized spacial score (nSPS) is 36.0. The van der Waals surface area contributed by atoms with E-state index < -0.39 is 56.9 Å². The molecule has 4 unspecified atom stereocenters. The number of imide groups is 2. The summed E-state index contributed by atoms with van der Waals surface area (Å²) in [4.78, 5) is 50.7. The molecule has 2 heterocycles. The maximum Gasteiger partial charge on any atom is 0.249 e. The number of amides is 4. The van der Waals surface area contributed by atoms with Gasteiger partial charge in [-0.1, -0.05) is 20.8 Å².